The van der Waals surface area contributed by atoms with Crippen molar-refractivity contribution >= 4 is 72.9 Å². The summed E-state index contributed by atoms with van der Waals surface area (Å²) in [6.45, 7) is 6.96. The van der Waals surface area contributed by atoms with Gasteiger partial charge in [-0.3, -0.25) is 19.2 Å². The van der Waals surface area contributed by atoms with Crippen molar-refractivity contribution in [3.05, 3.63) is 71.5 Å². The molecule has 0 unspecified atom stereocenters. The van der Waals surface area contributed by atoms with Gasteiger partial charge in [-0.1, -0.05) is 19.9 Å². The largest absolute Gasteiger partial charge is 1.00 e. The predicted molar refractivity (Wildman–Crippen MR) is 193 cm³/mol. The maximum absolute atomic E-state index is 12.9. The van der Waals surface area contributed by atoms with E-state index >= 15 is 0 Å². The maximum Gasteiger partial charge on any atom is 1.00 e. The molecule has 4 heterocycles. The quantitative estimate of drug-likeness (QED) is 0.0856. The molecule has 18 nitrogen and oxygen atoms in total. The number of hydrogen-bond donors (Lipinski definition) is 0. The number of nitrogens with zero attached hydrogens (tertiary/aromatic N) is 4. The van der Waals surface area contributed by atoms with Crippen LogP contribution in [0.5, 0.6) is 0 Å². The number of fused-ring (bicyclic) bond motifs is 2. The van der Waals surface area contributed by atoms with Crippen LogP contribution in [0, 0.1) is 0 Å². The second-order valence-electron chi connectivity index (χ2n) is 14.7. The fourth-order valence-corrected chi connectivity index (χ4v) is 8.34. The molecule has 0 N–H and O–H groups in total. The van der Waals surface area contributed by atoms with Gasteiger partial charge in [0.15, 0.2) is 12.3 Å². The molecule has 0 saturated carbocycles. The summed E-state index contributed by atoms with van der Waals surface area (Å²) in [6, 6.07) is 7.67. The summed E-state index contributed by atoms with van der Waals surface area (Å²) >= 11 is 0. The van der Waals surface area contributed by atoms with Crippen LogP contribution < -0.4 is 108 Å². The molecule has 6 rings (SSSR count). The first kappa shape index (κ1) is 49.4. The molecule has 0 atom stereocenters. The van der Waals surface area contributed by atoms with E-state index in [0.717, 1.165) is 12.1 Å². The van der Waals surface area contributed by atoms with Gasteiger partial charge in [0.05, 0.1) is 21.6 Å². The first-order valence-corrected chi connectivity index (χ1v) is 20.5. The first-order valence-electron chi connectivity index (χ1n) is 17.7. The fraction of sp³-hybridized carbons (Fsp3) is 0.378. The van der Waals surface area contributed by atoms with Gasteiger partial charge >= 0.3 is 115 Å². The number of imide groups is 2. The van der Waals surface area contributed by atoms with Crippen LogP contribution in [0.4, 0.5) is 11.4 Å². The SMILES string of the molecule is CC1(C)C(=CC=CC2=[N+](CCC(=O)ON3C(=O)CCC3=O)c3ccc(S(=O)(=O)[O-])cc3C2(C)C)N(CCC(=O)ON2C(=O)CCC2=O)c2ccc(S(=O)(=O)[O-])cc21.[K+].[K+]. The maximum atomic E-state index is 12.9. The smallest absolute Gasteiger partial charge is 0.744 e. The minimum absolute atomic E-state index is 0. The van der Waals surface area contributed by atoms with Gasteiger partial charge in [-0.2, -0.15) is 4.58 Å². The predicted octanol–water partition coefficient (Wildman–Crippen LogP) is -3.89. The molecule has 302 valence electrons. The summed E-state index contributed by atoms with van der Waals surface area (Å²) in [5, 5.41) is 0.861. The monoisotopic (exact) mass is 903 g/mol. The van der Waals surface area contributed by atoms with E-state index in [-0.39, 0.29) is 154 Å². The number of hydrogen-bond acceptors (Lipinski definition) is 15. The van der Waals surface area contributed by atoms with E-state index in [1.165, 1.54) is 24.3 Å². The van der Waals surface area contributed by atoms with Crippen molar-refractivity contribution in [3.8, 4) is 0 Å². The van der Waals surface area contributed by atoms with Gasteiger partial charge in [0.2, 0.25) is 5.69 Å². The molecule has 4 aliphatic rings. The standard InChI is InChI=1S/C37H38N4O14S2.2K/c1-36(2)24-20-22(56(48,49)50)8-10-26(24)38(18-16-34(46)54-40-30(42)12-13-31(40)43)28(36)6-5-7-29-37(3,4)25-21-23(57(51,52)53)9-11-27(25)39(29)19-17-35(47)55-41-32(44)14-15-33(41)45;;/h5-11,20-21H,12-19H2,1-4H3,(H-,48,49,50,51,52,53);;/q;2*+1/p-1. The Morgan fingerprint density at radius 3 is 1.71 bits per heavy atom. The van der Waals surface area contributed by atoms with Gasteiger partial charge in [0.25, 0.3) is 23.6 Å². The zero-order chi connectivity index (χ0) is 41.8. The van der Waals surface area contributed by atoms with Crippen molar-refractivity contribution in [2.45, 2.75) is 86.8 Å². The van der Waals surface area contributed by atoms with E-state index in [1.54, 1.807) is 55.4 Å². The Kier molecular flexibility index (Phi) is 15.5. The van der Waals surface area contributed by atoms with Crippen LogP contribution in [-0.4, -0.2) is 95.0 Å². The third kappa shape index (κ3) is 10.2. The minimum Gasteiger partial charge on any atom is -0.744 e. The topological polar surface area (TPSA) is 248 Å². The molecule has 0 bridgehead atoms. The minimum atomic E-state index is -4.85. The third-order valence-electron chi connectivity index (χ3n) is 10.3. The number of benzene rings is 2. The molecule has 2 aromatic rings. The van der Waals surface area contributed by atoms with Crippen LogP contribution in [0.3, 0.4) is 0 Å². The Morgan fingerprint density at radius 1 is 0.729 bits per heavy atom. The van der Waals surface area contributed by atoms with Crippen molar-refractivity contribution in [1.29, 1.82) is 0 Å². The average molecular weight is 904 g/mol. The molecule has 59 heavy (non-hydrogen) atoms. The van der Waals surface area contributed by atoms with Gasteiger partial charge < -0.3 is 23.7 Å². The van der Waals surface area contributed by atoms with E-state index in [1.807, 2.05) is 0 Å². The van der Waals surface area contributed by atoms with Gasteiger partial charge in [-0.15, -0.1) is 10.1 Å². The number of hydroxylamine groups is 4. The summed E-state index contributed by atoms with van der Waals surface area (Å²) in [5.41, 5.74) is 0.926. The van der Waals surface area contributed by atoms with Gasteiger partial charge in [-0.05, 0) is 55.8 Å². The zero-order valence-corrected chi connectivity index (χ0v) is 41.1. The molecule has 4 amide bonds. The molecule has 22 heteroatoms. The average Bonchev–Trinajstić information content (AvgIpc) is 3.75. The van der Waals surface area contributed by atoms with Gasteiger partial charge in [0, 0.05) is 66.7 Å². The Bertz CT molecular complexity index is 2450. The number of anilines is 1. The van der Waals surface area contributed by atoms with Crippen LogP contribution in [0.25, 0.3) is 0 Å². The third-order valence-corrected chi connectivity index (χ3v) is 12.0. The summed E-state index contributed by atoms with van der Waals surface area (Å²) < 4.78 is 73.7. The van der Waals surface area contributed by atoms with Gasteiger partial charge in [-0.25, -0.2) is 26.4 Å². The first-order chi connectivity index (χ1) is 26.5. The molecule has 2 fully saturated rings. The Labute approximate surface area is 425 Å². The second kappa shape index (κ2) is 18.6. The molecule has 2 saturated heterocycles. The van der Waals surface area contributed by atoms with Crippen LogP contribution >= 0.6 is 0 Å². The number of rotatable bonds is 12. The zero-order valence-electron chi connectivity index (χ0n) is 33.2. The van der Waals surface area contributed by atoms with E-state index < -0.39 is 76.4 Å². The van der Waals surface area contributed by atoms with Crippen LogP contribution in [0.2, 0.25) is 0 Å². The normalized spacial score (nSPS) is 19.0. The van der Waals surface area contributed by atoms with E-state index in [4.69, 9.17) is 9.68 Å². The van der Waals surface area contributed by atoms with Gasteiger partial charge in [0.1, 0.15) is 26.7 Å². The second-order valence-corrected chi connectivity index (χ2v) is 17.5. The number of carbonyl (C=O) groups is 6. The Hall–Kier alpha value is -2.30. The van der Waals surface area contributed by atoms with Crippen molar-refractivity contribution in [2.75, 3.05) is 18.0 Å². The Balaban J connectivity index is 0.00000384. The number of allylic oxidation sites excluding steroid dienone is 4. The van der Waals surface area contributed by atoms with Crippen molar-refractivity contribution in [1.82, 2.24) is 10.1 Å². The summed E-state index contributed by atoms with van der Waals surface area (Å²) in [6.07, 6.45) is 4.00. The summed E-state index contributed by atoms with van der Waals surface area (Å²) in [5.74, 6) is -4.37. The number of carbonyl (C=O) groups excluding carboxylic acids is 6. The van der Waals surface area contributed by atoms with Crippen LogP contribution in [0.15, 0.2) is 70.1 Å². The molecule has 2 aromatic carbocycles. The molecule has 0 spiro atoms. The molecule has 0 aromatic heterocycles. The fourth-order valence-electron chi connectivity index (χ4n) is 7.35. The van der Waals surface area contributed by atoms with Crippen molar-refractivity contribution in [3.63, 3.8) is 0 Å². The molecular weight excluding hydrogens is 867 g/mol. The molecular formula is C37H37K2N4O14S2+. The van der Waals surface area contributed by atoms with E-state index in [0.29, 0.717) is 44.0 Å². The Morgan fingerprint density at radius 2 is 1.20 bits per heavy atom. The number of amides is 4. The van der Waals surface area contributed by atoms with E-state index in [9.17, 15) is 54.7 Å². The van der Waals surface area contributed by atoms with Crippen LogP contribution in [0.1, 0.15) is 77.3 Å². The molecule has 4 aliphatic heterocycles. The van der Waals surface area contributed by atoms with Crippen molar-refractivity contribution < 1.29 is 172 Å². The van der Waals surface area contributed by atoms with Crippen LogP contribution in [-0.2, 0) is 69.5 Å². The summed E-state index contributed by atoms with van der Waals surface area (Å²) in [7, 11) is -9.70. The van der Waals surface area contributed by atoms with Crippen molar-refractivity contribution in [2.24, 2.45) is 0 Å². The molecule has 0 aliphatic carbocycles. The van der Waals surface area contributed by atoms with E-state index in [2.05, 4.69) is 0 Å². The summed E-state index contributed by atoms with van der Waals surface area (Å²) in [4.78, 5) is 84.7. The molecule has 0 radical (unpaired) electrons.